The number of aromatic nitrogens is 3. The number of rotatable bonds is 5. The van der Waals surface area contributed by atoms with Crippen molar-refractivity contribution in [2.24, 2.45) is 5.92 Å². The molecule has 38 heavy (non-hydrogen) atoms. The van der Waals surface area contributed by atoms with Crippen molar-refractivity contribution in [2.45, 2.75) is 69.5 Å². The van der Waals surface area contributed by atoms with Crippen LogP contribution in [0, 0.1) is 11.7 Å². The lowest BCUT2D eigenvalue weighted by molar-refractivity contribution is -0.127. The van der Waals surface area contributed by atoms with Gasteiger partial charge in [0.05, 0.1) is 17.8 Å². The van der Waals surface area contributed by atoms with Crippen molar-refractivity contribution in [1.82, 2.24) is 23.7 Å². The van der Waals surface area contributed by atoms with Gasteiger partial charge < -0.3 is 5.32 Å². The van der Waals surface area contributed by atoms with Gasteiger partial charge in [-0.2, -0.15) is 11.8 Å². The van der Waals surface area contributed by atoms with Crippen molar-refractivity contribution in [1.29, 1.82) is 0 Å². The number of halogens is 1. The summed E-state index contributed by atoms with van der Waals surface area (Å²) in [7, 11) is -3.25. The maximum absolute atomic E-state index is 14.1. The minimum Gasteiger partial charge on any atom is -0.353 e. The normalized spacial score (nSPS) is 24.5. The molecule has 3 fully saturated rings. The zero-order valence-electron chi connectivity index (χ0n) is 21.5. The van der Waals surface area contributed by atoms with E-state index in [-0.39, 0.29) is 46.7 Å². The molecule has 2 aromatic heterocycles. The standard InChI is InChI=1S/C25H34FN5O5S2/c1-38(35,36)29-10-6-16(7-11-29)23(32)28-18-2-4-19(5-3-18)31-24(33)21-14-17(26)15-27-22(21)30(25(31)34)20-8-12-37-13-9-20/h14-16,18-20H,2-13H2,1H3,(H,28,32). The Kier molecular flexibility index (Phi) is 7.97. The lowest BCUT2D eigenvalue weighted by Gasteiger charge is -2.33. The van der Waals surface area contributed by atoms with E-state index >= 15 is 0 Å². The third kappa shape index (κ3) is 5.55. The number of carbonyl (C=O) groups is 1. The number of nitrogens with one attached hydrogen (secondary N) is 1. The molecule has 2 saturated heterocycles. The Hall–Kier alpha value is -2.25. The topological polar surface area (TPSA) is 123 Å². The van der Waals surface area contributed by atoms with Crippen molar-refractivity contribution in [3.8, 4) is 0 Å². The van der Waals surface area contributed by atoms with Gasteiger partial charge >= 0.3 is 5.69 Å². The molecule has 1 saturated carbocycles. The molecule has 4 heterocycles. The van der Waals surface area contributed by atoms with Crippen LogP contribution in [0.25, 0.3) is 11.0 Å². The second-order valence-electron chi connectivity index (χ2n) is 10.6. The van der Waals surface area contributed by atoms with E-state index < -0.39 is 21.4 Å². The first-order valence-corrected chi connectivity index (χ1v) is 16.3. The van der Waals surface area contributed by atoms with Gasteiger partial charge in [-0.05, 0) is 68.9 Å². The summed E-state index contributed by atoms with van der Waals surface area (Å²) < 4.78 is 41.9. The summed E-state index contributed by atoms with van der Waals surface area (Å²) in [5.74, 6) is 0.925. The van der Waals surface area contributed by atoms with E-state index in [4.69, 9.17) is 0 Å². The quantitative estimate of drug-likeness (QED) is 0.587. The highest BCUT2D eigenvalue weighted by molar-refractivity contribution is 7.99. The van der Waals surface area contributed by atoms with Crippen LogP contribution in [0.2, 0.25) is 0 Å². The molecule has 0 radical (unpaired) electrons. The molecular weight excluding hydrogens is 533 g/mol. The highest BCUT2D eigenvalue weighted by atomic mass is 32.2. The fourth-order valence-electron chi connectivity index (χ4n) is 6.05. The minimum atomic E-state index is -3.25. The van der Waals surface area contributed by atoms with Crippen LogP contribution in [-0.4, -0.2) is 69.6 Å². The molecule has 0 aromatic carbocycles. The van der Waals surface area contributed by atoms with Crippen LogP contribution in [-0.2, 0) is 14.8 Å². The average Bonchev–Trinajstić information content (AvgIpc) is 2.90. The van der Waals surface area contributed by atoms with Crippen LogP contribution in [0.1, 0.15) is 63.5 Å². The third-order valence-electron chi connectivity index (χ3n) is 8.18. The molecule has 0 spiro atoms. The highest BCUT2D eigenvalue weighted by Gasteiger charge is 2.33. The number of thioether (sulfide) groups is 1. The number of hydrogen-bond donors (Lipinski definition) is 1. The zero-order chi connectivity index (χ0) is 27.0. The van der Waals surface area contributed by atoms with Crippen LogP contribution in [0.5, 0.6) is 0 Å². The van der Waals surface area contributed by atoms with Gasteiger partial charge in [-0.15, -0.1) is 0 Å². The van der Waals surface area contributed by atoms with Crippen LogP contribution >= 0.6 is 11.8 Å². The number of hydrogen-bond acceptors (Lipinski definition) is 7. The van der Waals surface area contributed by atoms with Crippen molar-refractivity contribution < 1.29 is 17.6 Å². The van der Waals surface area contributed by atoms with Gasteiger partial charge in [0.15, 0.2) is 0 Å². The minimum absolute atomic E-state index is 0.0662. The predicted octanol–water partition coefficient (Wildman–Crippen LogP) is 2.04. The molecule has 1 N–H and O–H groups in total. The molecule has 2 aromatic rings. The second-order valence-corrected chi connectivity index (χ2v) is 13.9. The number of amides is 1. The van der Waals surface area contributed by atoms with E-state index in [1.54, 1.807) is 4.57 Å². The number of carbonyl (C=O) groups excluding carboxylic acids is 1. The Morgan fingerprint density at radius 3 is 2.26 bits per heavy atom. The summed E-state index contributed by atoms with van der Waals surface area (Å²) in [6.07, 6.45) is 7.12. The Balaban J connectivity index is 1.31. The molecule has 10 nitrogen and oxygen atoms in total. The fraction of sp³-hybridized carbons (Fsp3) is 0.680. The van der Waals surface area contributed by atoms with Gasteiger partial charge in [0.1, 0.15) is 11.5 Å². The monoisotopic (exact) mass is 567 g/mol. The lowest BCUT2D eigenvalue weighted by atomic mass is 9.89. The van der Waals surface area contributed by atoms with Crippen molar-refractivity contribution >= 4 is 38.7 Å². The summed E-state index contributed by atoms with van der Waals surface area (Å²) in [5.41, 5.74) is -0.649. The van der Waals surface area contributed by atoms with E-state index in [0.717, 1.165) is 30.5 Å². The Morgan fingerprint density at radius 1 is 1.00 bits per heavy atom. The number of fused-ring (bicyclic) bond motifs is 1. The average molecular weight is 568 g/mol. The smallest absolute Gasteiger partial charge is 0.333 e. The van der Waals surface area contributed by atoms with Gasteiger partial charge in [-0.25, -0.2) is 26.9 Å². The predicted molar refractivity (Wildman–Crippen MR) is 144 cm³/mol. The van der Waals surface area contributed by atoms with Gasteiger partial charge in [-0.1, -0.05) is 0 Å². The molecule has 1 aliphatic carbocycles. The Labute approximate surface area is 225 Å². The summed E-state index contributed by atoms with van der Waals surface area (Å²) in [5, 5.41) is 3.23. The van der Waals surface area contributed by atoms with E-state index in [0.29, 0.717) is 51.6 Å². The third-order valence-corrected chi connectivity index (χ3v) is 10.5. The molecule has 0 atom stereocenters. The number of pyridine rings is 1. The zero-order valence-corrected chi connectivity index (χ0v) is 23.1. The first-order chi connectivity index (χ1) is 18.1. The number of piperidine rings is 1. The molecule has 5 rings (SSSR count). The van der Waals surface area contributed by atoms with Crippen molar-refractivity contribution in [3.05, 3.63) is 38.9 Å². The summed E-state index contributed by atoms with van der Waals surface area (Å²) in [4.78, 5) is 44.1. The second kappa shape index (κ2) is 11.1. The van der Waals surface area contributed by atoms with Gasteiger partial charge in [0.2, 0.25) is 15.9 Å². The largest absolute Gasteiger partial charge is 0.353 e. The Bertz CT molecular complexity index is 1420. The van der Waals surface area contributed by atoms with Crippen molar-refractivity contribution in [3.63, 3.8) is 0 Å². The number of nitrogens with zero attached hydrogens (tertiary/aromatic N) is 4. The van der Waals surface area contributed by atoms with E-state index in [1.807, 2.05) is 11.8 Å². The molecule has 13 heteroatoms. The lowest BCUT2D eigenvalue weighted by Crippen LogP contribution is -2.48. The molecular formula is C25H34FN5O5S2. The number of sulfonamides is 1. The first-order valence-electron chi connectivity index (χ1n) is 13.3. The van der Waals surface area contributed by atoms with Crippen LogP contribution < -0.4 is 16.6 Å². The van der Waals surface area contributed by atoms with Gasteiger partial charge in [0, 0.05) is 37.1 Å². The van der Waals surface area contributed by atoms with E-state index in [2.05, 4.69) is 10.3 Å². The molecule has 208 valence electrons. The summed E-state index contributed by atoms with van der Waals surface area (Å²) in [6.45, 7) is 0.686. The molecule has 1 amide bonds. The fourth-order valence-corrected chi connectivity index (χ4v) is 8.00. The molecule has 0 bridgehead atoms. The van der Waals surface area contributed by atoms with Gasteiger partial charge in [-0.3, -0.25) is 18.7 Å². The maximum atomic E-state index is 14.1. The van der Waals surface area contributed by atoms with E-state index in [9.17, 15) is 27.2 Å². The van der Waals surface area contributed by atoms with Crippen LogP contribution in [0.3, 0.4) is 0 Å². The summed E-state index contributed by atoms with van der Waals surface area (Å²) >= 11 is 1.83. The Morgan fingerprint density at radius 2 is 1.63 bits per heavy atom. The SMILES string of the molecule is CS(=O)(=O)N1CCC(C(=O)NC2CCC(n3c(=O)c4cc(F)cnc4n(C4CCSCC4)c3=O)CC2)CC1. The first kappa shape index (κ1) is 27.3. The highest BCUT2D eigenvalue weighted by Crippen LogP contribution is 2.30. The molecule has 0 unspecified atom stereocenters. The van der Waals surface area contributed by atoms with E-state index in [1.165, 1.54) is 21.2 Å². The van der Waals surface area contributed by atoms with Crippen LogP contribution in [0.15, 0.2) is 21.9 Å². The molecule has 2 aliphatic heterocycles. The van der Waals surface area contributed by atoms with Gasteiger partial charge in [0.25, 0.3) is 5.56 Å². The molecule has 3 aliphatic rings. The maximum Gasteiger partial charge on any atom is 0.333 e. The van der Waals surface area contributed by atoms with Crippen LogP contribution in [0.4, 0.5) is 4.39 Å². The summed E-state index contributed by atoms with van der Waals surface area (Å²) in [6, 6.07) is 0.689. The van der Waals surface area contributed by atoms with Crippen molar-refractivity contribution in [2.75, 3.05) is 30.9 Å².